The Kier molecular flexibility index (Phi) is 4.36. The van der Waals surface area contributed by atoms with Crippen molar-refractivity contribution in [3.63, 3.8) is 0 Å². The molecule has 0 aliphatic rings. The first-order valence-corrected chi connectivity index (χ1v) is 7.44. The summed E-state index contributed by atoms with van der Waals surface area (Å²) >= 11 is 0. The molecule has 0 unspecified atom stereocenters. The van der Waals surface area contributed by atoms with E-state index in [0.29, 0.717) is 17.1 Å². The molecule has 7 nitrogen and oxygen atoms in total. The number of rotatable bonds is 6. The molecule has 0 fully saturated rings. The molecule has 1 aromatic carbocycles. The molecule has 20 heavy (non-hydrogen) atoms. The molecule has 0 aliphatic carbocycles. The van der Waals surface area contributed by atoms with Gasteiger partial charge in [-0.05, 0) is 12.1 Å². The zero-order valence-electron chi connectivity index (χ0n) is 10.6. The average molecular weight is 294 g/mol. The minimum absolute atomic E-state index is 0.0203. The van der Waals surface area contributed by atoms with Gasteiger partial charge in [-0.1, -0.05) is 6.07 Å². The van der Waals surface area contributed by atoms with Crippen LogP contribution in [-0.2, 0) is 10.0 Å². The molecular weight excluding hydrogens is 280 g/mol. The second kappa shape index (κ2) is 6.20. The SMILES string of the molecule is Nc1cccc(OCCS(=O)(=O)Nc2cncnc2)c1. The molecule has 0 atom stereocenters. The molecule has 0 aliphatic heterocycles. The monoisotopic (exact) mass is 294 g/mol. The van der Waals surface area contributed by atoms with Crippen LogP contribution in [0, 0.1) is 0 Å². The van der Waals surface area contributed by atoms with E-state index in [1.807, 2.05) is 0 Å². The van der Waals surface area contributed by atoms with Crippen LogP contribution in [0.1, 0.15) is 0 Å². The molecule has 106 valence electrons. The van der Waals surface area contributed by atoms with Gasteiger partial charge in [-0.15, -0.1) is 0 Å². The Labute approximate surface area is 116 Å². The highest BCUT2D eigenvalue weighted by Gasteiger charge is 2.11. The first kappa shape index (κ1) is 14.1. The highest BCUT2D eigenvalue weighted by atomic mass is 32.2. The van der Waals surface area contributed by atoms with Crippen molar-refractivity contribution in [2.45, 2.75) is 0 Å². The number of nitrogen functional groups attached to an aromatic ring is 1. The maximum absolute atomic E-state index is 11.8. The van der Waals surface area contributed by atoms with Crippen LogP contribution in [0.2, 0.25) is 0 Å². The van der Waals surface area contributed by atoms with Gasteiger partial charge in [0.1, 0.15) is 24.4 Å². The minimum atomic E-state index is -3.50. The Balaban J connectivity index is 1.87. The van der Waals surface area contributed by atoms with Crippen LogP contribution >= 0.6 is 0 Å². The average Bonchev–Trinajstić information content (AvgIpc) is 2.39. The molecule has 1 aromatic heterocycles. The number of sulfonamides is 1. The third kappa shape index (κ3) is 4.39. The molecule has 2 rings (SSSR count). The number of hydrogen-bond acceptors (Lipinski definition) is 6. The molecule has 0 saturated carbocycles. The summed E-state index contributed by atoms with van der Waals surface area (Å²) in [6.45, 7) is 0.0203. The maximum Gasteiger partial charge on any atom is 0.236 e. The van der Waals surface area contributed by atoms with E-state index >= 15 is 0 Å². The minimum Gasteiger partial charge on any atom is -0.492 e. The van der Waals surface area contributed by atoms with E-state index < -0.39 is 10.0 Å². The Morgan fingerprint density at radius 1 is 1.25 bits per heavy atom. The number of hydrogen-bond donors (Lipinski definition) is 2. The second-order valence-electron chi connectivity index (χ2n) is 3.97. The van der Waals surface area contributed by atoms with Crippen molar-refractivity contribution in [1.29, 1.82) is 0 Å². The van der Waals surface area contributed by atoms with Crippen molar-refractivity contribution in [1.82, 2.24) is 9.97 Å². The molecule has 0 amide bonds. The number of nitrogens with zero attached hydrogens (tertiary/aromatic N) is 2. The van der Waals surface area contributed by atoms with E-state index in [2.05, 4.69) is 14.7 Å². The van der Waals surface area contributed by atoms with Gasteiger partial charge >= 0.3 is 0 Å². The van der Waals surface area contributed by atoms with Crippen LogP contribution in [0.3, 0.4) is 0 Å². The first-order valence-electron chi connectivity index (χ1n) is 5.79. The van der Waals surface area contributed by atoms with Gasteiger partial charge in [-0.2, -0.15) is 0 Å². The summed E-state index contributed by atoms with van der Waals surface area (Å²) in [6, 6.07) is 6.80. The van der Waals surface area contributed by atoms with Crippen LogP contribution in [0.15, 0.2) is 43.0 Å². The Bertz CT molecular complexity index is 661. The van der Waals surface area contributed by atoms with E-state index in [0.717, 1.165) is 0 Å². The van der Waals surface area contributed by atoms with Gasteiger partial charge in [0.2, 0.25) is 10.0 Å². The van der Waals surface area contributed by atoms with Gasteiger partial charge < -0.3 is 10.5 Å². The van der Waals surface area contributed by atoms with E-state index in [9.17, 15) is 8.42 Å². The second-order valence-corrected chi connectivity index (χ2v) is 5.81. The summed E-state index contributed by atoms with van der Waals surface area (Å²) in [5.74, 6) is 0.347. The van der Waals surface area contributed by atoms with Crippen molar-refractivity contribution in [3.8, 4) is 5.75 Å². The molecular formula is C12H14N4O3S. The van der Waals surface area contributed by atoms with Gasteiger partial charge in [0.05, 0.1) is 18.1 Å². The Hall–Kier alpha value is -2.35. The molecule has 0 radical (unpaired) electrons. The third-order valence-corrected chi connectivity index (χ3v) is 3.56. The molecule has 3 N–H and O–H groups in total. The summed E-state index contributed by atoms with van der Waals surface area (Å²) in [5.41, 5.74) is 6.47. The first-order chi connectivity index (χ1) is 9.55. The van der Waals surface area contributed by atoms with Crippen LogP contribution in [0.5, 0.6) is 5.75 Å². The normalized spacial score (nSPS) is 11.0. The fourth-order valence-electron chi connectivity index (χ4n) is 1.46. The molecule has 2 aromatic rings. The van der Waals surface area contributed by atoms with E-state index in [1.54, 1.807) is 24.3 Å². The number of benzene rings is 1. The molecule has 8 heteroatoms. The summed E-state index contributed by atoms with van der Waals surface area (Å²) < 4.78 is 31.3. The Morgan fingerprint density at radius 2 is 2.00 bits per heavy atom. The van der Waals surface area contributed by atoms with Crippen LogP contribution in [0.4, 0.5) is 11.4 Å². The zero-order chi connectivity index (χ0) is 14.4. The van der Waals surface area contributed by atoms with Crippen LogP contribution < -0.4 is 15.2 Å². The lowest BCUT2D eigenvalue weighted by atomic mass is 10.3. The van der Waals surface area contributed by atoms with Crippen molar-refractivity contribution in [2.24, 2.45) is 0 Å². The highest BCUT2D eigenvalue weighted by molar-refractivity contribution is 7.92. The lowest BCUT2D eigenvalue weighted by molar-refractivity contribution is 0.341. The molecule has 1 heterocycles. The van der Waals surface area contributed by atoms with Crippen LogP contribution in [-0.4, -0.2) is 30.7 Å². The predicted octanol–water partition coefficient (Wildman–Crippen LogP) is 0.879. The van der Waals surface area contributed by atoms with Gasteiger partial charge in [0, 0.05) is 11.8 Å². The molecule has 0 spiro atoms. The smallest absolute Gasteiger partial charge is 0.236 e. The number of nitrogens with two attached hydrogens (primary N) is 1. The fraction of sp³-hybridized carbons (Fsp3) is 0.167. The fourth-order valence-corrected chi connectivity index (χ4v) is 2.33. The largest absolute Gasteiger partial charge is 0.492 e. The third-order valence-electron chi connectivity index (χ3n) is 2.31. The summed E-state index contributed by atoms with van der Waals surface area (Å²) in [5, 5.41) is 0. The molecule has 0 bridgehead atoms. The summed E-state index contributed by atoms with van der Waals surface area (Å²) in [6.07, 6.45) is 4.08. The topological polar surface area (TPSA) is 107 Å². The lowest BCUT2D eigenvalue weighted by Gasteiger charge is -2.09. The highest BCUT2D eigenvalue weighted by Crippen LogP contribution is 2.14. The van der Waals surface area contributed by atoms with E-state index in [-0.39, 0.29) is 12.4 Å². The number of nitrogens with one attached hydrogen (secondary N) is 1. The lowest BCUT2D eigenvalue weighted by Crippen LogP contribution is -2.21. The van der Waals surface area contributed by atoms with Gasteiger partial charge in [-0.3, -0.25) is 4.72 Å². The summed E-state index contributed by atoms with van der Waals surface area (Å²) in [4.78, 5) is 7.45. The van der Waals surface area contributed by atoms with Crippen LogP contribution in [0.25, 0.3) is 0 Å². The van der Waals surface area contributed by atoms with Gasteiger partial charge in [-0.25, -0.2) is 18.4 Å². The van der Waals surface area contributed by atoms with Gasteiger partial charge in [0.15, 0.2) is 0 Å². The van der Waals surface area contributed by atoms with Gasteiger partial charge in [0.25, 0.3) is 0 Å². The van der Waals surface area contributed by atoms with Crippen molar-refractivity contribution in [2.75, 3.05) is 22.8 Å². The molecule has 0 saturated heterocycles. The predicted molar refractivity (Wildman–Crippen MR) is 75.8 cm³/mol. The summed E-state index contributed by atoms with van der Waals surface area (Å²) in [7, 11) is -3.50. The van der Waals surface area contributed by atoms with E-state index in [1.165, 1.54) is 18.7 Å². The quantitative estimate of drug-likeness (QED) is 0.766. The zero-order valence-corrected chi connectivity index (χ0v) is 11.4. The Morgan fingerprint density at radius 3 is 2.70 bits per heavy atom. The maximum atomic E-state index is 11.8. The van der Waals surface area contributed by atoms with Crippen molar-refractivity contribution in [3.05, 3.63) is 43.0 Å². The van der Waals surface area contributed by atoms with Crippen molar-refractivity contribution < 1.29 is 13.2 Å². The number of ether oxygens (including phenoxy) is 1. The standard InChI is InChI=1S/C12H14N4O3S/c13-10-2-1-3-12(6-10)19-4-5-20(17,18)16-11-7-14-9-15-8-11/h1-3,6-9,16H,4-5,13H2. The van der Waals surface area contributed by atoms with Crippen molar-refractivity contribution >= 4 is 21.4 Å². The number of aromatic nitrogens is 2. The number of anilines is 2. The van der Waals surface area contributed by atoms with E-state index in [4.69, 9.17) is 10.5 Å².